The SMILES string of the molecule is C=CC(=O)Nc1cncc(-c2cccc(C(C)C(=O)Nc3cc(C4CC4)[nH]n3)c2)c1. The van der Waals surface area contributed by atoms with E-state index >= 15 is 0 Å². The molecule has 0 saturated heterocycles. The third kappa shape index (κ3) is 4.46. The monoisotopic (exact) mass is 401 g/mol. The van der Waals surface area contributed by atoms with E-state index in [9.17, 15) is 9.59 Å². The zero-order valence-corrected chi connectivity index (χ0v) is 16.7. The second-order valence-corrected chi connectivity index (χ2v) is 7.47. The van der Waals surface area contributed by atoms with E-state index < -0.39 is 0 Å². The van der Waals surface area contributed by atoms with Crippen molar-refractivity contribution in [1.29, 1.82) is 0 Å². The molecule has 1 aliphatic carbocycles. The molecule has 152 valence electrons. The van der Waals surface area contributed by atoms with Crippen molar-refractivity contribution in [2.24, 2.45) is 0 Å². The Balaban J connectivity index is 1.49. The van der Waals surface area contributed by atoms with Gasteiger partial charge >= 0.3 is 0 Å². The van der Waals surface area contributed by atoms with Crippen LogP contribution in [0.1, 0.15) is 42.9 Å². The number of hydrogen-bond donors (Lipinski definition) is 3. The van der Waals surface area contributed by atoms with Gasteiger partial charge in [-0.1, -0.05) is 30.8 Å². The molecule has 1 fully saturated rings. The molecule has 1 aromatic carbocycles. The lowest BCUT2D eigenvalue weighted by Crippen LogP contribution is -2.19. The van der Waals surface area contributed by atoms with Crippen LogP contribution in [0.4, 0.5) is 11.5 Å². The van der Waals surface area contributed by atoms with Crippen LogP contribution in [0.2, 0.25) is 0 Å². The second-order valence-electron chi connectivity index (χ2n) is 7.47. The largest absolute Gasteiger partial charge is 0.321 e. The molecule has 0 bridgehead atoms. The topological polar surface area (TPSA) is 99.8 Å². The molecule has 1 unspecified atom stereocenters. The van der Waals surface area contributed by atoms with Crippen LogP contribution in [0.3, 0.4) is 0 Å². The van der Waals surface area contributed by atoms with E-state index in [2.05, 4.69) is 32.4 Å². The van der Waals surface area contributed by atoms with E-state index in [0.717, 1.165) is 22.4 Å². The first-order chi connectivity index (χ1) is 14.5. The minimum atomic E-state index is -0.359. The summed E-state index contributed by atoms with van der Waals surface area (Å²) in [6, 6.07) is 11.5. The fraction of sp³-hybridized carbons (Fsp3) is 0.217. The summed E-state index contributed by atoms with van der Waals surface area (Å²) in [5.41, 5.74) is 4.29. The summed E-state index contributed by atoms with van der Waals surface area (Å²) in [5, 5.41) is 12.8. The lowest BCUT2D eigenvalue weighted by molar-refractivity contribution is -0.117. The number of H-pyrrole nitrogens is 1. The number of pyridine rings is 1. The van der Waals surface area contributed by atoms with Crippen molar-refractivity contribution in [2.75, 3.05) is 10.6 Å². The predicted octanol–water partition coefficient (Wildman–Crippen LogP) is 4.22. The van der Waals surface area contributed by atoms with Crippen LogP contribution in [0.15, 0.2) is 61.4 Å². The van der Waals surface area contributed by atoms with E-state index in [1.807, 2.05) is 43.3 Å². The maximum Gasteiger partial charge on any atom is 0.247 e. The summed E-state index contributed by atoms with van der Waals surface area (Å²) in [6.07, 6.45) is 6.85. The molecule has 0 spiro atoms. The second kappa shape index (κ2) is 8.32. The van der Waals surface area contributed by atoms with Crippen molar-refractivity contribution in [3.63, 3.8) is 0 Å². The summed E-state index contributed by atoms with van der Waals surface area (Å²) < 4.78 is 0. The van der Waals surface area contributed by atoms with E-state index in [0.29, 0.717) is 17.4 Å². The Labute approximate surface area is 174 Å². The number of rotatable bonds is 7. The average molecular weight is 401 g/mol. The van der Waals surface area contributed by atoms with Crippen molar-refractivity contribution in [3.8, 4) is 11.1 Å². The molecule has 1 aliphatic rings. The molecule has 1 atom stereocenters. The van der Waals surface area contributed by atoms with Gasteiger partial charge in [0.2, 0.25) is 11.8 Å². The first-order valence-corrected chi connectivity index (χ1v) is 9.88. The zero-order valence-electron chi connectivity index (χ0n) is 16.7. The fourth-order valence-electron chi connectivity index (χ4n) is 3.24. The van der Waals surface area contributed by atoms with Gasteiger partial charge in [-0.25, -0.2) is 0 Å². The molecule has 0 radical (unpaired) electrons. The van der Waals surface area contributed by atoms with Crippen LogP contribution in [-0.2, 0) is 9.59 Å². The van der Waals surface area contributed by atoms with Crippen molar-refractivity contribution < 1.29 is 9.59 Å². The molecule has 2 aromatic heterocycles. The van der Waals surface area contributed by atoms with Crippen molar-refractivity contribution in [3.05, 3.63) is 72.7 Å². The van der Waals surface area contributed by atoms with Crippen molar-refractivity contribution in [1.82, 2.24) is 15.2 Å². The number of benzene rings is 1. The molecule has 7 nitrogen and oxygen atoms in total. The highest BCUT2D eigenvalue weighted by Crippen LogP contribution is 2.39. The maximum atomic E-state index is 12.7. The Bertz CT molecular complexity index is 1100. The molecular formula is C23H23N5O2. The number of carbonyl (C=O) groups excluding carboxylic acids is 2. The molecule has 3 aromatic rings. The number of nitrogens with one attached hydrogen (secondary N) is 3. The Morgan fingerprint density at radius 2 is 2.00 bits per heavy atom. The Morgan fingerprint density at radius 1 is 1.17 bits per heavy atom. The highest BCUT2D eigenvalue weighted by molar-refractivity contribution is 5.99. The number of amides is 2. The summed E-state index contributed by atoms with van der Waals surface area (Å²) in [7, 11) is 0. The Morgan fingerprint density at radius 3 is 2.77 bits per heavy atom. The van der Waals surface area contributed by atoms with Crippen molar-refractivity contribution in [2.45, 2.75) is 31.6 Å². The molecule has 1 saturated carbocycles. The van der Waals surface area contributed by atoms with E-state index in [-0.39, 0.29) is 17.7 Å². The van der Waals surface area contributed by atoms with Crippen LogP contribution in [0.25, 0.3) is 11.1 Å². The van der Waals surface area contributed by atoms with Gasteiger partial charge in [0.05, 0.1) is 17.8 Å². The fourth-order valence-corrected chi connectivity index (χ4v) is 3.24. The molecular weight excluding hydrogens is 378 g/mol. The predicted molar refractivity (Wildman–Crippen MR) is 116 cm³/mol. The minimum Gasteiger partial charge on any atom is -0.321 e. The normalized spacial score (nSPS) is 14.0. The summed E-state index contributed by atoms with van der Waals surface area (Å²) >= 11 is 0. The number of carbonyl (C=O) groups is 2. The standard InChI is InChI=1S/C23H23N5O2/c1-3-22(29)25-19-10-18(12-24-13-19)17-6-4-5-16(9-17)14(2)23(30)26-21-11-20(27-28-21)15-7-8-15/h3-6,9-15H,1,7-8H2,2H3,(H,25,29)(H2,26,27,28,30). The number of aromatic nitrogens is 3. The van der Waals surface area contributed by atoms with Gasteiger partial charge in [0.15, 0.2) is 5.82 Å². The number of anilines is 2. The van der Waals surface area contributed by atoms with Crippen LogP contribution < -0.4 is 10.6 Å². The van der Waals surface area contributed by atoms with Gasteiger partial charge in [-0.05, 0) is 43.0 Å². The van der Waals surface area contributed by atoms with Gasteiger partial charge in [-0.3, -0.25) is 19.7 Å². The van der Waals surface area contributed by atoms with Crippen molar-refractivity contribution >= 4 is 23.3 Å². The number of nitrogens with zero attached hydrogens (tertiary/aromatic N) is 2. The van der Waals surface area contributed by atoms with Crippen LogP contribution >= 0.6 is 0 Å². The molecule has 30 heavy (non-hydrogen) atoms. The Kier molecular flexibility index (Phi) is 5.43. The van der Waals surface area contributed by atoms with E-state index in [4.69, 9.17) is 0 Å². The minimum absolute atomic E-state index is 0.119. The molecule has 3 N–H and O–H groups in total. The Hall–Kier alpha value is -3.74. The van der Waals surface area contributed by atoms with Gasteiger partial charge in [-0.15, -0.1) is 0 Å². The molecule has 2 amide bonds. The first-order valence-electron chi connectivity index (χ1n) is 9.88. The van der Waals surface area contributed by atoms with Gasteiger partial charge < -0.3 is 10.6 Å². The van der Waals surface area contributed by atoms with Crippen LogP contribution in [0.5, 0.6) is 0 Å². The average Bonchev–Trinajstić information content (AvgIpc) is 3.52. The highest BCUT2D eigenvalue weighted by atomic mass is 16.2. The lowest BCUT2D eigenvalue weighted by atomic mass is 9.96. The summed E-state index contributed by atoms with van der Waals surface area (Å²) in [6.45, 7) is 5.31. The molecule has 4 rings (SSSR count). The van der Waals surface area contributed by atoms with Gasteiger partial charge in [0, 0.05) is 29.4 Å². The summed E-state index contributed by atoms with van der Waals surface area (Å²) in [4.78, 5) is 28.5. The highest BCUT2D eigenvalue weighted by Gasteiger charge is 2.26. The third-order valence-corrected chi connectivity index (χ3v) is 5.17. The lowest BCUT2D eigenvalue weighted by Gasteiger charge is -2.13. The molecule has 2 heterocycles. The van der Waals surface area contributed by atoms with Gasteiger partial charge in [-0.2, -0.15) is 5.10 Å². The smallest absolute Gasteiger partial charge is 0.247 e. The molecule has 0 aliphatic heterocycles. The van der Waals surface area contributed by atoms with E-state index in [1.54, 1.807) is 12.4 Å². The maximum absolute atomic E-state index is 12.7. The van der Waals surface area contributed by atoms with Gasteiger partial charge in [0.1, 0.15) is 0 Å². The van der Waals surface area contributed by atoms with E-state index in [1.165, 1.54) is 18.9 Å². The van der Waals surface area contributed by atoms with Gasteiger partial charge in [0.25, 0.3) is 0 Å². The third-order valence-electron chi connectivity index (χ3n) is 5.17. The molecule has 7 heteroatoms. The van der Waals surface area contributed by atoms with Crippen LogP contribution in [-0.4, -0.2) is 27.0 Å². The quantitative estimate of drug-likeness (QED) is 0.516. The summed E-state index contributed by atoms with van der Waals surface area (Å²) in [5.74, 6) is 0.336. The van der Waals surface area contributed by atoms with Crippen LogP contribution in [0, 0.1) is 0 Å². The number of hydrogen-bond acceptors (Lipinski definition) is 4. The number of aromatic amines is 1. The zero-order chi connectivity index (χ0) is 21.1. The first kappa shape index (κ1) is 19.6.